The number of hydrogen-bond acceptors (Lipinski definition) is 3. The highest BCUT2D eigenvalue weighted by Gasteiger charge is 2.40. The summed E-state index contributed by atoms with van der Waals surface area (Å²) in [4.78, 5) is 4.00. The molecule has 86 valence electrons. The quantitative estimate of drug-likeness (QED) is 0.796. The van der Waals surface area contributed by atoms with Crippen LogP contribution in [0.3, 0.4) is 0 Å². The predicted octanol–water partition coefficient (Wildman–Crippen LogP) is 2.51. The first-order valence-electron chi connectivity index (χ1n) is 6.28. The first-order valence-corrected chi connectivity index (χ1v) is 6.28. The maximum atomic E-state index is 5.66. The molecule has 1 aromatic heterocycles. The molecule has 3 heteroatoms. The number of anilines is 2. The lowest BCUT2D eigenvalue weighted by Gasteiger charge is -2.17. The number of pyridine rings is 1. The van der Waals surface area contributed by atoms with Crippen molar-refractivity contribution in [2.24, 2.45) is 17.8 Å². The van der Waals surface area contributed by atoms with Crippen molar-refractivity contribution in [1.82, 2.24) is 4.98 Å². The molecule has 16 heavy (non-hydrogen) atoms. The lowest BCUT2D eigenvalue weighted by molar-refractivity contribution is 0.428. The van der Waals surface area contributed by atoms with Gasteiger partial charge < -0.3 is 11.1 Å². The number of nitrogen functional groups attached to an aromatic ring is 1. The third kappa shape index (κ3) is 2.29. The fraction of sp³-hybridized carbons (Fsp3) is 0.615. The van der Waals surface area contributed by atoms with Crippen molar-refractivity contribution in [2.75, 3.05) is 17.6 Å². The fourth-order valence-corrected chi connectivity index (χ4v) is 2.56. The molecule has 1 aromatic rings. The van der Waals surface area contributed by atoms with Gasteiger partial charge in [0, 0.05) is 24.5 Å². The Morgan fingerprint density at radius 2 is 2.00 bits per heavy atom. The van der Waals surface area contributed by atoms with Crippen LogP contribution in [0.25, 0.3) is 0 Å². The lowest BCUT2D eigenvalue weighted by Crippen LogP contribution is -2.18. The number of nitrogens with two attached hydrogens (primary N) is 1. The second-order valence-corrected chi connectivity index (χ2v) is 5.19. The van der Waals surface area contributed by atoms with E-state index in [9.17, 15) is 0 Å². The van der Waals surface area contributed by atoms with E-state index >= 15 is 0 Å². The number of aromatic nitrogens is 1. The molecule has 3 rings (SSSR count). The largest absolute Gasteiger partial charge is 0.385 e. The van der Waals surface area contributed by atoms with Crippen molar-refractivity contribution < 1.29 is 0 Å². The molecule has 2 aliphatic carbocycles. The number of nitrogens with one attached hydrogen (secondary N) is 1. The van der Waals surface area contributed by atoms with Gasteiger partial charge in [-0.05, 0) is 49.5 Å². The van der Waals surface area contributed by atoms with E-state index in [0.717, 1.165) is 30.0 Å². The van der Waals surface area contributed by atoms with Crippen LogP contribution >= 0.6 is 0 Å². The Bertz CT molecular complexity index is 357. The van der Waals surface area contributed by atoms with E-state index in [1.165, 1.54) is 25.7 Å². The molecule has 2 aliphatic rings. The van der Waals surface area contributed by atoms with E-state index in [4.69, 9.17) is 5.73 Å². The second kappa shape index (κ2) is 3.96. The zero-order valence-electron chi connectivity index (χ0n) is 9.52. The molecule has 3 N–H and O–H groups in total. The van der Waals surface area contributed by atoms with Crippen molar-refractivity contribution >= 4 is 11.5 Å². The summed E-state index contributed by atoms with van der Waals surface area (Å²) in [6.07, 6.45) is 7.55. The molecule has 0 aliphatic heterocycles. The molecular weight excluding hydrogens is 198 g/mol. The van der Waals surface area contributed by atoms with Crippen LogP contribution in [0.1, 0.15) is 25.7 Å². The maximum Gasteiger partial charge on any atom is 0.125 e. The molecular formula is C13H19N3. The van der Waals surface area contributed by atoms with Gasteiger partial charge >= 0.3 is 0 Å². The molecule has 0 bridgehead atoms. The van der Waals surface area contributed by atoms with E-state index in [1.807, 2.05) is 12.1 Å². The van der Waals surface area contributed by atoms with Gasteiger partial charge in [0.25, 0.3) is 0 Å². The van der Waals surface area contributed by atoms with Gasteiger partial charge in [0.1, 0.15) is 5.82 Å². The van der Waals surface area contributed by atoms with E-state index in [1.54, 1.807) is 6.20 Å². The molecule has 0 saturated heterocycles. The summed E-state index contributed by atoms with van der Waals surface area (Å²) >= 11 is 0. The third-order valence-electron chi connectivity index (χ3n) is 3.78. The van der Waals surface area contributed by atoms with E-state index in [0.29, 0.717) is 5.82 Å². The van der Waals surface area contributed by atoms with Crippen LogP contribution in [0.2, 0.25) is 0 Å². The van der Waals surface area contributed by atoms with Gasteiger partial charge in [-0.15, -0.1) is 0 Å². The summed E-state index contributed by atoms with van der Waals surface area (Å²) in [5.74, 6) is 3.49. The van der Waals surface area contributed by atoms with E-state index in [-0.39, 0.29) is 0 Å². The standard InChI is InChI=1S/C13H19N3/c14-13-7-11(5-6-15-13)16-8-12(9-1-2-9)10-3-4-10/h5-7,9-10,12H,1-4,8H2,(H3,14,15,16). The third-order valence-corrected chi connectivity index (χ3v) is 3.78. The second-order valence-electron chi connectivity index (χ2n) is 5.19. The first-order chi connectivity index (χ1) is 7.83. The summed E-state index contributed by atoms with van der Waals surface area (Å²) in [5, 5.41) is 3.51. The molecule has 3 nitrogen and oxygen atoms in total. The molecule has 0 unspecified atom stereocenters. The highest BCUT2D eigenvalue weighted by Crippen LogP contribution is 2.49. The van der Waals surface area contributed by atoms with Gasteiger partial charge in [0.15, 0.2) is 0 Å². The molecule has 0 aromatic carbocycles. The van der Waals surface area contributed by atoms with E-state index < -0.39 is 0 Å². The van der Waals surface area contributed by atoms with E-state index in [2.05, 4.69) is 10.3 Å². The highest BCUT2D eigenvalue weighted by molar-refractivity contribution is 5.49. The Balaban J connectivity index is 1.58. The van der Waals surface area contributed by atoms with Crippen LogP contribution in [-0.4, -0.2) is 11.5 Å². The topological polar surface area (TPSA) is 50.9 Å². The van der Waals surface area contributed by atoms with Gasteiger partial charge in [-0.25, -0.2) is 4.98 Å². The number of hydrogen-bond donors (Lipinski definition) is 2. The van der Waals surface area contributed by atoms with Gasteiger partial charge in [0.05, 0.1) is 0 Å². The monoisotopic (exact) mass is 217 g/mol. The van der Waals surface area contributed by atoms with Crippen LogP contribution < -0.4 is 11.1 Å². The molecule has 2 fully saturated rings. The van der Waals surface area contributed by atoms with Gasteiger partial charge in [-0.1, -0.05) is 0 Å². The van der Waals surface area contributed by atoms with Crippen LogP contribution in [-0.2, 0) is 0 Å². The zero-order valence-corrected chi connectivity index (χ0v) is 9.52. The Kier molecular flexibility index (Phi) is 2.46. The SMILES string of the molecule is Nc1cc(NCC(C2CC2)C2CC2)ccn1. The Labute approximate surface area is 96.4 Å². The maximum absolute atomic E-state index is 5.66. The Hall–Kier alpha value is -1.25. The Morgan fingerprint density at radius 3 is 2.56 bits per heavy atom. The minimum atomic E-state index is 0.597. The van der Waals surface area contributed by atoms with Gasteiger partial charge in [0.2, 0.25) is 0 Å². The minimum Gasteiger partial charge on any atom is -0.385 e. The molecule has 2 saturated carbocycles. The fourth-order valence-electron chi connectivity index (χ4n) is 2.56. The van der Waals surface area contributed by atoms with Crippen molar-refractivity contribution in [1.29, 1.82) is 0 Å². The number of rotatable bonds is 5. The Morgan fingerprint density at radius 1 is 1.31 bits per heavy atom. The first kappa shape index (κ1) is 9.94. The summed E-state index contributed by atoms with van der Waals surface area (Å²) in [7, 11) is 0. The van der Waals surface area contributed by atoms with Crippen molar-refractivity contribution in [3.8, 4) is 0 Å². The van der Waals surface area contributed by atoms with Crippen LogP contribution in [0.15, 0.2) is 18.3 Å². The average Bonchev–Trinajstić information content (AvgIpc) is 3.13. The van der Waals surface area contributed by atoms with Crippen LogP contribution in [0.5, 0.6) is 0 Å². The average molecular weight is 217 g/mol. The lowest BCUT2D eigenvalue weighted by atomic mass is 9.98. The molecule has 0 atom stereocenters. The smallest absolute Gasteiger partial charge is 0.125 e. The van der Waals surface area contributed by atoms with Crippen molar-refractivity contribution in [2.45, 2.75) is 25.7 Å². The summed E-state index contributed by atoms with van der Waals surface area (Å²) < 4.78 is 0. The summed E-state index contributed by atoms with van der Waals surface area (Å²) in [6.45, 7) is 1.11. The van der Waals surface area contributed by atoms with Crippen molar-refractivity contribution in [3.05, 3.63) is 18.3 Å². The summed E-state index contributed by atoms with van der Waals surface area (Å²) in [5.41, 5.74) is 6.77. The molecule has 0 spiro atoms. The molecule has 1 heterocycles. The van der Waals surface area contributed by atoms with Gasteiger partial charge in [-0.3, -0.25) is 0 Å². The molecule has 0 amide bonds. The van der Waals surface area contributed by atoms with Crippen LogP contribution in [0.4, 0.5) is 11.5 Å². The summed E-state index contributed by atoms with van der Waals surface area (Å²) in [6, 6.07) is 3.91. The predicted molar refractivity (Wildman–Crippen MR) is 66.1 cm³/mol. The number of nitrogens with zero attached hydrogens (tertiary/aromatic N) is 1. The van der Waals surface area contributed by atoms with Crippen molar-refractivity contribution in [3.63, 3.8) is 0 Å². The minimum absolute atomic E-state index is 0.597. The zero-order chi connectivity index (χ0) is 11.0. The van der Waals surface area contributed by atoms with Crippen LogP contribution in [0, 0.1) is 17.8 Å². The molecule has 0 radical (unpaired) electrons. The normalized spacial score (nSPS) is 20.1. The van der Waals surface area contributed by atoms with Gasteiger partial charge in [-0.2, -0.15) is 0 Å². The highest BCUT2D eigenvalue weighted by atomic mass is 14.9.